The summed E-state index contributed by atoms with van der Waals surface area (Å²) in [6, 6.07) is 10.1. The van der Waals surface area contributed by atoms with Crippen molar-refractivity contribution in [3.05, 3.63) is 46.6 Å². The maximum atomic E-state index is 11.4. The van der Waals surface area contributed by atoms with Crippen LogP contribution >= 0.6 is 11.8 Å². The molecule has 1 aliphatic rings. The van der Waals surface area contributed by atoms with Crippen molar-refractivity contribution in [3.63, 3.8) is 0 Å². The lowest BCUT2D eigenvalue weighted by molar-refractivity contribution is -0.113. The molecule has 1 aromatic carbocycles. The van der Waals surface area contributed by atoms with E-state index in [0.717, 1.165) is 22.0 Å². The third-order valence-corrected chi connectivity index (χ3v) is 4.45. The minimum atomic E-state index is -0.338. The molecule has 0 bridgehead atoms. The molecule has 0 N–H and O–H groups in total. The zero-order valence-electron chi connectivity index (χ0n) is 10.3. The van der Waals surface area contributed by atoms with Crippen LogP contribution in [-0.2, 0) is 15.1 Å². The van der Waals surface area contributed by atoms with E-state index in [4.69, 9.17) is 4.74 Å². The number of thioether (sulfide) groups is 1. The molecule has 90 valence electrons. The highest BCUT2D eigenvalue weighted by atomic mass is 32.2. The van der Waals surface area contributed by atoms with Gasteiger partial charge < -0.3 is 4.74 Å². The molecule has 0 saturated carbocycles. The Morgan fingerprint density at radius 2 is 2.00 bits per heavy atom. The van der Waals surface area contributed by atoms with Gasteiger partial charge in [-0.2, -0.15) is 0 Å². The molecule has 1 aromatic rings. The first kappa shape index (κ1) is 12.2. The van der Waals surface area contributed by atoms with Crippen molar-refractivity contribution in [2.24, 2.45) is 0 Å². The van der Waals surface area contributed by atoms with E-state index in [1.54, 1.807) is 18.7 Å². The fourth-order valence-corrected chi connectivity index (χ4v) is 3.10. The molecule has 0 fully saturated rings. The third kappa shape index (κ3) is 2.39. The molecule has 0 spiro atoms. The van der Waals surface area contributed by atoms with Crippen molar-refractivity contribution in [2.45, 2.75) is 26.4 Å². The van der Waals surface area contributed by atoms with Crippen molar-refractivity contribution in [1.82, 2.24) is 0 Å². The van der Waals surface area contributed by atoms with E-state index >= 15 is 0 Å². The quantitative estimate of drug-likeness (QED) is 0.801. The number of allylic oxidation sites excluding steroid dienone is 2. The monoisotopic (exact) mass is 248 g/mol. The normalized spacial score (nSPS) is 24.4. The summed E-state index contributed by atoms with van der Waals surface area (Å²) >= 11 is 1.59. The number of carbonyl (C=O) groups excluding carboxylic acids is 1. The van der Waals surface area contributed by atoms with Gasteiger partial charge in [0.2, 0.25) is 0 Å². The summed E-state index contributed by atoms with van der Waals surface area (Å²) in [6.45, 7) is 5.51. The van der Waals surface area contributed by atoms with Gasteiger partial charge in [-0.25, -0.2) is 0 Å². The molecule has 1 unspecified atom stereocenters. The second-order valence-electron chi connectivity index (χ2n) is 4.43. The van der Waals surface area contributed by atoms with Crippen LogP contribution in [0.3, 0.4) is 0 Å². The van der Waals surface area contributed by atoms with E-state index in [0.29, 0.717) is 0 Å². The smallest absolute Gasteiger partial charge is 0.169 e. The third-order valence-electron chi connectivity index (χ3n) is 2.89. The van der Waals surface area contributed by atoms with Crippen molar-refractivity contribution < 1.29 is 9.53 Å². The largest absolute Gasteiger partial charge is 0.485 e. The average molecular weight is 248 g/mol. The molecule has 1 atom stereocenters. The second-order valence-corrected chi connectivity index (χ2v) is 5.41. The van der Waals surface area contributed by atoms with Crippen LogP contribution in [0.5, 0.6) is 0 Å². The molecule has 0 aliphatic carbocycles. The van der Waals surface area contributed by atoms with Gasteiger partial charge in [-0.15, -0.1) is 11.8 Å². The fourth-order valence-electron chi connectivity index (χ4n) is 2.01. The van der Waals surface area contributed by atoms with Crippen LogP contribution < -0.4 is 0 Å². The molecule has 0 saturated heterocycles. The molecule has 3 heteroatoms. The van der Waals surface area contributed by atoms with Gasteiger partial charge in [0, 0.05) is 5.75 Å². The van der Waals surface area contributed by atoms with Gasteiger partial charge in [-0.1, -0.05) is 30.3 Å². The van der Waals surface area contributed by atoms with Crippen LogP contribution in [0.15, 0.2) is 41.0 Å². The van der Waals surface area contributed by atoms with Gasteiger partial charge >= 0.3 is 0 Å². The van der Waals surface area contributed by atoms with E-state index in [1.807, 2.05) is 25.1 Å². The Hall–Kier alpha value is -1.22. The van der Waals surface area contributed by atoms with Crippen molar-refractivity contribution in [2.75, 3.05) is 5.75 Å². The molecule has 1 aliphatic heterocycles. The Morgan fingerprint density at radius 1 is 1.35 bits per heavy atom. The van der Waals surface area contributed by atoms with Crippen LogP contribution in [0.4, 0.5) is 0 Å². The number of ether oxygens (including phenoxy) is 1. The molecule has 2 nitrogen and oxygen atoms in total. The Kier molecular flexibility index (Phi) is 3.29. The van der Waals surface area contributed by atoms with E-state index in [1.165, 1.54) is 0 Å². The first-order valence-corrected chi connectivity index (χ1v) is 6.61. The highest BCUT2D eigenvalue weighted by Crippen LogP contribution is 2.40. The van der Waals surface area contributed by atoms with Crippen molar-refractivity contribution in [1.29, 1.82) is 0 Å². The summed E-state index contributed by atoms with van der Waals surface area (Å²) < 4.78 is 5.97. The topological polar surface area (TPSA) is 26.3 Å². The van der Waals surface area contributed by atoms with Crippen molar-refractivity contribution >= 4 is 17.5 Å². The number of ketones is 1. The van der Waals surface area contributed by atoms with Crippen LogP contribution in [0.2, 0.25) is 0 Å². The number of benzene rings is 1. The van der Waals surface area contributed by atoms with Crippen LogP contribution in [0.25, 0.3) is 0 Å². The Labute approximate surface area is 106 Å². The zero-order chi connectivity index (χ0) is 12.5. The zero-order valence-corrected chi connectivity index (χ0v) is 11.1. The lowest BCUT2D eigenvalue weighted by Crippen LogP contribution is -2.32. The SMILES string of the molecule is CC(=O)C1=C(C)OC(C)(c2ccccc2)CS1. The van der Waals surface area contributed by atoms with E-state index < -0.39 is 0 Å². The van der Waals surface area contributed by atoms with Gasteiger partial charge in [0.1, 0.15) is 11.4 Å². The number of carbonyl (C=O) groups is 1. The minimum absolute atomic E-state index is 0.0858. The Bertz CT molecular complexity index is 464. The summed E-state index contributed by atoms with van der Waals surface area (Å²) in [5.41, 5.74) is 0.809. The molecule has 17 heavy (non-hydrogen) atoms. The number of hydrogen-bond donors (Lipinski definition) is 0. The minimum Gasteiger partial charge on any atom is -0.485 e. The molecular formula is C14H16O2S. The average Bonchev–Trinajstić information content (AvgIpc) is 2.29. The Balaban J connectivity index is 2.31. The number of rotatable bonds is 2. The van der Waals surface area contributed by atoms with Crippen LogP contribution in [0.1, 0.15) is 26.3 Å². The van der Waals surface area contributed by atoms with Gasteiger partial charge in [-0.3, -0.25) is 4.79 Å². The first-order chi connectivity index (χ1) is 8.03. The van der Waals surface area contributed by atoms with E-state index in [2.05, 4.69) is 19.1 Å². The summed E-state index contributed by atoms with van der Waals surface area (Å²) in [5.74, 6) is 1.59. The molecule has 0 amide bonds. The number of Topliss-reactive ketones (excluding diaryl/α,β-unsaturated/α-hetero) is 1. The van der Waals surface area contributed by atoms with Crippen LogP contribution in [0, 0.1) is 0 Å². The molecular weight excluding hydrogens is 232 g/mol. The van der Waals surface area contributed by atoms with E-state index in [9.17, 15) is 4.79 Å². The van der Waals surface area contributed by atoms with Crippen LogP contribution in [-0.4, -0.2) is 11.5 Å². The Morgan fingerprint density at radius 3 is 2.53 bits per heavy atom. The first-order valence-electron chi connectivity index (χ1n) is 5.62. The fraction of sp³-hybridized carbons (Fsp3) is 0.357. The lowest BCUT2D eigenvalue weighted by Gasteiger charge is -2.35. The molecule has 0 radical (unpaired) electrons. The second kappa shape index (κ2) is 4.57. The molecule has 1 heterocycles. The predicted molar refractivity (Wildman–Crippen MR) is 70.7 cm³/mol. The molecule has 0 aromatic heterocycles. The molecule has 2 rings (SSSR count). The maximum Gasteiger partial charge on any atom is 0.169 e. The van der Waals surface area contributed by atoms with Gasteiger partial charge in [-0.05, 0) is 26.3 Å². The highest BCUT2D eigenvalue weighted by molar-refractivity contribution is 8.04. The summed E-state index contributed by atoms with van der Waals surface area (Å²) in [5, 5.41) is 0. The number of hydrogen-bond acceptors (Lipinski definition) is 3. The summed E-state index contributed by atoms with van der Waals surface area (Å²) in [6.07, 6.45) is 0. The summed E-state index contributed by atoms with van der Waals surface area (Å²) in [4.78, 5) is 12.1. The summed E-state index contributed by atoms with van der Waals surface area (Å²) in [7, 11) is 0. The van der Waals surface area contributed by atoms with Gasteiger partial charge in [0.25, 0.3) is 0 Å². The van der Waals surface area contributed by atoms with Gasteiger partial charge in [0.05, 0.1) is 4.91 Å². The highest BCUT2D eigenvalue weighted by Gasteiger charge is 2.34. The predicted octanol–water partition coefficient (Wildman–Crippen LogP) is 3.49. The maximum absolute atomic E-state index is 11.4. The van der Waals surface area contributed by atoms with Gasteiger partial charge in [0.15, 0.2) is 5.78 Å². The van der Waals surface area contributed by atoms with E-state index in [-0.39, 0.29) is 11.4 Å². The standard InChI is InChI=1S/C14H16O2S/c1-10(15)13-11(2)16-14(3,9-17-13)12-7-5-4-6-8-12/h4-8H,9H2,1-3H3. The lowest BCUT2D eigenvalue weighted by atomic mass is 9.97. The van der Waals surface area contributed by atoms with Crippen molar-refractivity contribution in [3.8, 4) is 0 Å².